The molecule has 0 aliphatic rings. The molecular weight excluding hydrogens is 322 g/mol. The maximum Gasteiger partial charge on any atom is 0.339 e. The van der Waals surface area contributed by atoms with Crippen LogP contribution in [0.4, 0.5) is 5.69 Å². The van der Waals surface area contributed by atoms with Gasteiger partial charge in [0.1, 0.15) is 5.82 Å². The fourth-order valence-corrected chi connectivity index (χ4v) is 2.57. The normalized spacial score (nSPS) is 10.5. The molecule has 0 unspecified atom stereocenters. The standard InChI is InChI=1S/C13H15N5O4S/c1-3-6-22-12(19)10-7-9(18(20)21)4-5-11(10)23-13-16-15-8(2)17(13)14/h4-5,7H,3,6,14H2,1-2H3. The van der Waals surface area contributed by atoms with E-state index in [0.29, 0.717) is 22.3 Å². The van der Waals surface area contributed by atoms with Crippen molar-refractivity contribution in [2.24, 2.45) is 0 Å². The number of nitrogen functional groups attached to an aromatic ring is 1. The Morgan fingerprint density at radius 2 is 2.22 bits per heavy atom. The van der Waals surface area contributed by atoms with Crippen molar-refractivity contribution in [3.05, 3.63) is 39.7 Å². The lowest BCUT2D eigenvalue weighted by Gasteiger charge is -2.08. The Kier molecular flexibility index (Phi) is 5.16. The van der Waals surface area contributed by atoms with Gasteiger partial charge in [0.2, 0.25) is 5.16 Å². The van der Waals surface area contributed by atoms with E-state index in [2.05, 4.69) is 10.2 Å². The summed E-state index contributed by atoms with van der Waals surface area (Å²) in [5.74, 6) is 5.66. The molecule has 1 heterocycles. The Balaban J connectivity index is 2.39. The number of hydrogen-bond donors (Lipinski definition) is 1. The fraction of sp³-hybridized carbons (Fsp3) is 0.308. The van der Waals surface area contributed by atoms with Crippen molar-refractivity contribution in [1.29, 1.82) is 0 Å². The van der Waals surface area contributed by atoms with Crippen LogP contribution in [0.5, 0.6) is 0 Å². The summed E-state index contributed by atoms with van der Waals surface area (Å²) in [4.78, 5) is 22.9. The van der Waals surface area contributed by atoms with Gasteiger partial charge in [-0.2, -0.15) is 0 Å². The minimum atomic E-state index is -0.627. The third kappa shape index (κ3) is 3.77. The van der Waals surface area contributed by atoms with Gasteiger partial charge in [0, 0.05) is 17.0 Å². The molecule has 23 heavy (non-hydrogen) atoms. The molecule has 0 saturated carbocycles. The molecular formula is C13H15N5O4S. The van der Waals surface area contributed by atoms with Crippen LogP contribution in [0.2, 0.25) is 0 Å². The van der Waals surface area contributed by atoms with Crippen molar-refractivity contribution in [2.45, 2.75) is 30.3 Å². The molecule has 0 atom stereocenters. The quantitative estimate of drug-likeness (QED) is 0.367. The zero-order chi connectivity index (χ0) is 17.0. The molecule has 9 nitrogen and oxygen atoms in total. The van der Waals surface area contributed by atoms with Crippen molar-refractivity contribution in [2.75, 3.05) is 12.4 Å². The Hall–Kier alpha value is -2.62. The summed E-state index contributed by atoms with van der Waals surface area (Å²) in [7, 11) is 0. The van der Waals surface area contributed by atoms with Crippen molar-refractivity contribution >= 4 is 23.4 Å². The second-order valence-electron chi connectivity index (χ2n) is 4.58. The van der Waals surface area contributed by atoms with Crippen LogP contribution in [0.25, 0.3) is 0 Å². The Morgan fingerprint density at radius 3 is 2.78 bits per heavy atom. The van der Waals surface area contributed by atoms with Crippen LogP contribution in [0, 0.1) is 17.0 Å². The maximum absolute atomic E-state index is 12.1. The lowest BCUT2D eigenvalue weighted by Crippen LogP contribution is -2.12. The van der Waals surface area contributed by atoms with Gasteiger partial charge in [-0.25, -0.2) is 9.47 Å². The largest absolute Gasteiger partial charge is 0.462 e. The van der Waals surface area contributed by atoms with Crippen molar-refractivity contribution in [1.82, 2.24) is 14.9 Å². The summed E-state index contributed by atoms with van der Waals surface area (Å²) in [6.45, 7) is 3.77. The van der Waals surface area contributed by atoms with Crippen LogP contribution in [-0.2, 0) is 4.74 Å². The molecule has 0 spiro atoms. The SMILES string of the molecule is CCCOC(=O)c1cc([N+](=O)[O-])ccc1Sc1nnc(C)n1N. The van der Waals surface area contributed by atoms with Gasteiger partial charge in [0.25, 0.3) is 5.69 Å². The van der Waals surface area contributed by atoms with Gasteiger partial charge in [-0.3, -0.25) is 10.1 Å². The molecule has 0 aliphatic heterocycles. The molecule has 0 amide bonds. The van der Waals surface area contributed by atoms with E-state index in [1.165, 1.54) is 22.9 Å². The highest BCUT2D eigenvalue weighted by Gasteiger charge is 2.20. The number of non-ortho nitro benzene ring substituents is 1. The summed E-state index contributed by atoms with van der Waals surface area (Å²) in [6.07, 6.45) is 0.652. The van der Waals surface area contributed by atoms with Crippen molar-refractivity contribution < 1.29 is 14.5 Å². The highest BCUT2D eigenvalue weighted by atomic mass is 32.2. The average Bonchev–Trinajstić information content (AvgIpc) is 2.84. The Labute approximate surface area is 136 Å². The summed E-state index contributed by atoms with van der Waals surface area (Å²) in [6, 6.07) is 3.96. The molecule has 0 aliphatic carbocycles. The fourth-order valence-electron chi connectivity index (χ4n) is 1.67. The Morgan fingerprint density at radius 1 is 1.48 bits per heavy atom. The molecule has 2 rings (SSSR count). The average molecular weight is 337 g/mol. The van der Waals surface area contributed by atoms with E-state index in [0.717, 1.165) is 11.8 Å². The van der Waals surface area contributed by atoms with Crippen molar-refractivity contribution in [3.8, 4) is 0 Å². The van der Waals surface area contributed by atoms with Crippen LogP contribution in [0.1, 0.15) is 29.5 Å². The number of esters is 1. The molecule has 2 aromatic rings. The molecule has 10 heteroatoms. The number of aryl methyl sites for hydroxylation is 1. The van der Waals surface area contributed by atoms with Crippen LogP contribution < -0.4 is 5.84 Å². The topological polar surface area (TPSA) is 126 Å². The number of carbonyl (C=O) groups excluding carboxylic acids is 1. The van der Waals surface area contributed by atoms with Crippen LogP contribution in [-0.4, -0.2) is 32.4 Å². The predicted molar refractivity (Wildman–Crippen MR) is 82.7 cm³/mol. The predicted octanol–water partition coefficient (Wildman–Crippen LogP) is 1.93. The number of carbonyl (C=O) groups is 1. The number of ether oxygens (including phenoxy) is 1. The van der Waals surface area contributed by atoms with Crippen LogP contribution in [0.15, 0.2) is 28.3 Å². The third-order valence-electron chi connectivity index (χ3n) is 2.87. The first-order valence-corrected chi connectivity index (χ1v) is 7.56. The molecule has 1 aromatic carbocycles. The number of benzene rings is 1. The van der Waals surface area contributed by atoms with Crippen LogP contribution in [0.3, 0.4) is 0 Å². The van der Waals surface area contributed by atoms with Gasteiger partial charge in [-0.15, -0.1) is 10.2 Å². The van der Waals surface area contributed by atoms with E-state index in [4.69, 9.17) is 10.6 Å². The van der Waals surface area contributed by atoms with Gasteiger partial charge >= 0.3 is 5.97 Å². The zero-order valence-corrected chi connectivity index (χ0v) is 13.4. The van der Waals surface area contributed by atoms with E-state index in [9.17, 15) is 14.9 Å². The van der Waals surface area contributed by atoms with E-state index in [-0.39, 0.29) is 17.9 Å². The second kappa shape index (κ2) is 7.09. The van der Waals surface area contributed by atoms with Gasteiger partial charge in [-0.05, 0) is 31.2 Å². The number of nitro groups is 1. The lowest BCUT2D eigenvalue weighted by atomic mass is 10.2. The number of nitrogens with two attached hydrogens (primary N) is 1. The molecule has 1 aromatic heterocycles. The molecule has 0 radical (unpaired) electrons. The van der Waals surface area contributed by atoms with Crippen molar-refractivity contribution in [3.63, 3.8) is 0 Å². The zero-order valence-electron chi connectivity index (χ0n) is 12.6. The van der Waals surface area contributed by atoms with E-state index in [1.807, 2.05) is 6.92 Å². The summed E-state index contributed by atoms with van der Waals surface area (Å²) >= 11 is 1.08. The maximum atomic E-state index is 12.1. The molecule has 0 bridgehead atoms. The summed E-state index contributed by atoms with van der Waals surface area (Å²) < 4.78 is 6.35. The Bertz CT molecular complexity index is 746. The number of nitrogens with zero attached hydrogens (tertiary/aromatic N) is 4. The lowest BCUT2D eigenvalue weighted by molar-refractivity contribution is -0.384. The minimum Gasteiger partial charge on any atom is -0.462 e. The number of hydrogen-bond acceptors (Lipinski definition) is 8. The number of rotatable bonds is 6. The molecule has 2 N–H and O–H groups in total. The van der Waals surface area contributed by atoms with E-state index >= 15 is 0 Å². The first kappa shape index (κ1) is 16.7. The molecule has 0 saturated heterocycles. The second-order valence-corrected chi connectivity index (χ2v) is 5.58. The first-order valence-electron chi connectivity index (χ1n) is 6.74. The van der Waals surface area contributed by atoms with E-state index in [1.54, 1.807) is 6.92 Å². The van der Waals surface area contributed by atoms with Gasteiger partial charge < -0.3 is 10.6 Å². The van der Waals surface area contributed by atoms with Gasteiger partial charge in [0.15, 0.2) is 0 Å². The smallest absolute Gasteiger partial charge is 0.339 e. The monoisotopic (exact) mass is 337 g/mol. The van der Waals surface area contributed by atoms with Crippen LogP contribution >= 0.6 is 11.8 Å². The number of aromatic nitrogens is 3. The highest BCUT2D eigenvalue weighted by molar-refractivity contribution is 7.99. The highest BCUT2D eigenvalue weighted by Crippen LogP contribution is 2.31. The molecule has 0 fully saturated rings. The summed E-state index contributed by atoms with van der Waals surface area (Å²) in [5, 5.41) is 19.0. The first-order chi connectivity index (χ1) is 10.9. The minimum absolute atomic E-state index is 0.0957. The van der Waals surface area contributed by atoms with E-state index < -0.39 is 10.9 Å². The third-order valence-corrected chi connectivity index (χ3v) is 3.90. The molecule has 122 valence electrons. The van der Waals surface area contributed by atoms with Gasteiger partial charge in [0.05, 0.1) is 17.1 Å². The van der Waals surface area contributed by atoms with Gasteiger partial charge in [-0.1, -0.05) is 6.92 Å². The summed E-state index contributed by atoms with van der Waals surface area (Å²) in [5.41, 5.74) is -0.0958. The number of nitro benzene ring substituents is 1.